The Labute approximate surface area is 113 Å². The molecule has 0 fully saturated rings. The fraction of sp³-hybridized carbons (Fsp3) is 0.286. The number of halogens is 4. The number of hydrogen-bond donors (Lipinski definition) is 1. The van der Waals surface area contributed by atoms with Crippen LogP contribution in [0.5, 0.6) is 0 Å². The van der Waals surface area contributed by atoms with E-state index >= 15 is 0 Å². The zero-order valence-electron chi connectivity index (χ0n) is 10.5. The molecule has 1 aromatic heterocycles. The quantitative estimate of drug-likeness (QED) is 0.861. The lowest BCUT2D eigenvalue weighted by molar-refractivity contribution is -0.140. The standard InChI is InChI=1S/C14H13F4NO/c15-12-5-3-9(8-11(12)14(16,17)18)13(19)6-4-10-2-1-7-20-10/h1-3,5,7-8,13H,4,6,19H2. The van der Waals surface area contributed by atoms with Gasteiger partial charge in [0.25, 0.3) is 0 Å². The first-order valence-corrected chi connectivity index (χ1v) is 6.02. The fourth-order valence-corrected chi connectivity index (χ4v) is 1.91. The Morgan fingerprint density at radius 1 is 1.20 bits per heavy atom. The first-order chi connectivity index (χ1) is 9.38. The maximum atomic E-state index is 13.2. The SMILES string of the molecule is NC(CCc1ccco1)c1ccc(F)c(C(F)(F)F)c1. The number of furan rings is 1. The van der Waals surface area contributed by atoms with Gasteiger partial charge in [0, 0.05) is 12.5 Å². The summed E-state index contributed by atoms with van der Waals surface area (Å²) in [6.45, 7) is 0. The summed E-state index contributed by atoms with van der Waals surface area (Å²) in [6, 6.07) is 5.71. The Bertz CT molecular complexity index is 563. The summed E-state index contributed by atoms with van der Waals surface area (Å²) in [7, 11) is 0. The average molecular weight is 287 g/mol. The fourth-order valence-electron chi connectivity index (χ4n) is 1.91. The van der Waals surface area contributed by atoms with Crippen molar-refractivity contribution in [1.29, 1.82) is 0 Å². The number of rotatable bonds is 4. The van der Waals surface area contributed by atoms with E-state index in [0.29, 0.717) is 18.6 Å². The van der Waals surface area contributed by atoms with Crippen molar-refractivity contribution in [2.24, 2.45) is 5.73 Å². The van der Waals surface area contributed by atoms with Gasteiger partial charge in [0.05, 0.1) is 11.8 Å². The Morgan fingerprint density at radius 2 is 1.95 bits per heavy atom. The van der Waals surface area contributed by atoms with Gasteiger partial charge >= 0.3 is 6.18 Å². The van der Waals surface area contributed by atoms with Crippen LogP contribution in [0.4, 0.5) is 17.6 Å². The van der Waals surface area contributed by atoms with Crippen molar-refractivity contribution in [2.45, 2.75) is 25.1 Å². The first-order valence-electron chi connectivity index (χ1n) is 6.02. The van der Waals surface area contributed by atoms with E-state index in [1.54, 1.807) is 12.1 Å². The van der Waals surface area contributed by atoms with Crippen LogP contribution in [0.2, 0.25) is 0 Å². The summed E-state index contributed by atoms with van der Waals surface area (Å²) < 4.78 is 56.1. The highest BCUT2D eigenvalue weighted by molar-refractivity contribution is 5.29. The lowest BCUT2D eigenvalue weighted by Gasteiger charge is -2.14. The van der Waals surface area contributed by atoms with Crippen molar-refractivity contribution in [1.82, 2.24) is 0 Å². The highest BCUT2D eigenvalue weighted by atomic mass is 19.4. The van der Waals surface area contributed by atoms with Gasteiger partial charge in [-0.2, -0.15) is 13.2 Å². The predicted molar refractivity (Wildman–Crippen MR) is 65.4 cm³/mol. The van der Waals surface area contributed by atoms with Gasteiger partial charge in [0.15, 0.2) is 0 Å². The molecular weight excluding hydrogens is 274 g/mol. The van der Waals surface area contributed by atoms with E-state index in [1.807, 2.05) is 0 Å². The third kappa shape index (κ3) is 3.39. The second kappa shape index (κ2) is 5.66. The smallest absolute Gasteiger partial charge is 0.419 e. The van der Waals surface area contributed by atoms with Crippen molar-refractivity contribution < 1.29 is 22.0 Å². The van der Waals surface area contributed by atoms with Crippen LogP contribution in [-0.4, -0.2) is 0 Å². The molecule has 0 radical (unpaired) electrons. The van der Waals surface area contributed by atoms with Crippen LogP contribution in [0.25, 0.3) is 0 Å². The molecule has 2 N–H and O–H groups in total. The summed E-state index contributed by atoms with van der Waals surface area (Å²) in [5.74, 6) is -0.585. The first kappa shape index (κ1) is 14.6. The zero-order chi connectivity index (χ0) is 14.8. The number of hydrogen-bond acceptors (Lipinski definition) is 2. The average Bonchev–Trinajstić information content (AvgIpc) is 2.88. The minimum Gasteiger partial charge on any atom is -0.469 e. The van der Waals surface area contributed by atoms with E-state index in [4.69, 9.17) is 10.2 Å². The molecule has 108 valence electrons. The maximum Gasteiger partial charge on any atom is 0.419 e. The summed E-state index contributed by atoms with van der Waals surface area (Å²) in [5.41, 5.74) is 4.81. The Hall–Kier alpha value is -1.82. The Kier molecular flexibility index (Phi) is 4.13. The second-order valence-electron chi connectivity index (χ2n) is 4.46. The van der Waals surface area contributed by atoms with E-state index in [1.165, 1.54) is 12.3 Å². The van der Waals surface area contributed by atoms with E-state index in [-0.39, 0.29) is 5.56 Å². The minimum absolute atomic E-state index is 0.255. The molecular formula is C14H13F4NO. The highest BCUT2D eigenvalue weighted by Gasteiger charge is 2.34. The van der Waals surface area contributed by atoms with Crippen LogP contribution in [0.1, 0.15) is 29.3 Å². The van der Waals surface area contributed by atoms with Crippen LogP contribution in [0.15, 0.2) is 41.0 Å². The van der Waals surface area contributed by atoms with Crippen LogP contribution in [0.3, 0.4) is 0 Å². The summed E-state index contributed by atoms with van der Waals surface area (Å²) in [4.78, 5) is 0. The maximum absolute atomic E-state index is 13.2. The molecule has 0 aliphatic heterocycles. The molecule has 20 heavy (non-hydrogen) atoms. The van der Waals surface area contributed by atoms with Crippen LogP contribution in [-0.2, 0) is 12.6 Å². The predicted octanol–water partition coefficient (Wildman–Crippen LogP) is 4.07. The zero-order valence-corrected chi connectivity index (χ0v) is 10.5. The molecule has 1 unspecified atom stereocenters. The molecule has 0 saturated heterocycles. The lowest BCUT2D eigenvalue weighted by Crippen LogP contribution is -2.14. The highest BCUT2D eigenvalue weighted by Crippen LogP contribution is 2.33. The van der Waals surface area contributed by atoms with Gasteiger partial charge in [-0.3, -0.25) is 0 Å². The molecule has 2 aromatic rings. The monoisotopic (exact) mass is 287 g/mol. The third-order valence-electron chi connectivity index (χ3n) is 3.01. The largest absolute Gasteiger partial charge is 0.469 e. The van der Waals surface area contributed by atoms with E-state index < -0.39 is 23.6 Å². The summed E-state index contributed by atoms with van der Waals surface area (Å²) >= 11 is 0. The van der Waals surface area contributed by atoms with Gasteiger partial charge in [0.2, 0.25) is 0 Å². The minimum atomic E-state index is -4.72. The Balaban J connectivity index is 2.12. The molecule has 1 heterocycles. The third-order valence-corrected chi connectivity index (χ3v) is 3.01. The van der Waals surface area contributed by atoms with Gasteiger partial charge in [-0.15, -0.1) is 0 Å². The topological polar surface area (TPSA) is 39.2 Å². The van der Waals surface area contributed by atoms with Gasteiger partial charge in [-0.25, -0.2) is 4.39 Å². The molecule has 0 bridgehead atoms. The lowest BCUT2D eigenvalue weighted by atomic mass is 9.99. The van der Waals surface area contributed by atoms with Gasteiger partial charge < -0.3 is 10.2 Å². The molecule has 0 aliphatic rings. The number of aryl methyl sites for hydroxylation is 1. The number of benzene rings is 1. The van der Waals surface area contributed by atoms with E-state index in [9.17, 15) is 17.6 Å². The molecule has 0 aliphatic carbocycles. The van der Waals surface area contributed by atoms with Crippen molar-refractivity contribution in [3.05, 3.63) is 59.3 Å². The van der Waals surface area contributed by atoms with E-state index in [0.717, 1.165) is 12.1 Å². The van der Waals surface area contributed by atoms with Crippen molar-refractivity contribution in [3.63, 3.8) is 0 Å². The van der Waals surface area contributed by atoms with Crippen LogP contribution in [0, 0.1) is 5.82 Å². The second-order valence-corrected chi connectivity index (χ2v) is 4.46. The molecule has 1 aromatic carbocycles. The molecule has 0 saturated carbocycles. The molecule has 2 rings (SSSR count). The van der Waals surface area contributed by atoms with Crippen molar-refractivity contribution in [2.75, 3.05) is 0 Å². The molecule has 2 nitrogen and oxygen atoms in total. The van der Waals surface area contributed by atoms with Gasteiger partial charge in [-0.05, 0) is 36.2 Å². The van der Waals surface area contributed by atoms with Gasteiger partial charge in [0.1, 0.15) is 11.6 Å². The number of alkyl halides is 3. The normalized spacial score (nSPS) is 13.4. The Morgan fingerprint density at radius 3 is 2.55 bits per heavy atom. The van der Waals surface area contributed by atoms with Gasteiger partial charge in [-0.1, -0.05) is 6.07 Å². The molecule has 6 heteroatoms. The molecule has 0 spiro atoms. The number of nitrogens with two attached hydrogens (primary N) is 1. The van der Waals surface area contributed by atoms with E-state index in [2.05, 4.69) is 0 Å². The van der Waals surface area contributed by atoms with Crippen LogP contribution >= 0.6 is 0 Å². The van der Waals surface area contributed by atoms with Crippen molar-refractivity contribution >= 4 is 0 Å². The molecule has 1 atom stereocenters. The summed E-state index contributed by atoms with van der Waals surface area (Å²) in [6.07, 6.45) is -2.29. The van der Waals surface area contributed by atoms with Crippen molar-refractivity contribution in [3.8, 4) is 0 Å². The molecule has 0 amide bonds. The van der Waals surface area contributed by atoms with Crippen LogP contribution < -0.4 is 5.73 Å². The summed E-state index contributed by atoms with van der Waals surface area (Å²) in [5, 5.41) is 0.